The summed E-state index contributed by atoms with van der Waals surface area (Å²) in [5.41, 5.74) is 0.310. The maximum atomic E-state index is 12.2. The Kier molecular flexibility index (Phi) is 5.75. The van der Waals surface area contributed by atoms with Crippen LogP contribution in [-0.2, 0) is 9.53 Å². The molecule has 5 nitrogen and oxygen atoms in total. The molecule has 0 atom stereocenters. The number of ketones is 1. The standard InChI is InChI=1S/C16H20O5/c17-11-20-15-10-2-1-9-14(15)16(19)21-13-7-3-5-12(18)6-4-8-13/h1-2,9-10,13,17H,3-8,11H2. The first-order chi connectivity index (χ1) is 10.2. The first-order valence-corrected chi connectivity index (χ1v) is 7.26. The van der Waals surface area contributed by atoms with Crippen molar-refractivity contribution >= 4 is 11.8 Å². The van der Waals surface area contributed by atoms with Crippen LogP contribution >= 0.6 is 0 Å². The number of Topliss-reactive ketones (excluding diaryl/α,β-unsaturated/α-hetero) is 1. The lowest BCUT2D eigenvalue weighted by Crippen LogP contribution is -2.21. The zero-order valence-electron chi connectivity index (χ0n) is 11.9. The van der Waals surface area contributed by atoms with Crippen LogP contribution in [0, 0.1) is 0 Å². The Bertz CT molecular complexity index is 485. The molecule has 1 aromatic rings. The van der Waals surface area contributed by atoms with Gasteiger partial charge in [-0.25, -0.2) is 4.79 Å². The largest absolute Gasteiger partial charge is 0.467 e. The van der Waals surface area contributed by atoms with Crippen molar-refractivity contribution in [3.63, 3.8) is 0 Å². The number of carbonyl (C=O) groups excluding carboxylic acids is 2. The molecule has 0 aromatic heterocycles. The van der Waals surface area contributed by atoms with Crippen molar-refractivity contribution < 1.29 is 24.2 Å². The number of hydrogen-bond acceptors (Lipinski definition) is 5. The Morgan fingerprint density at radius 3 is 2.52 bits per heavy atom. The number of carbonyl (C=O) groups is 2. The van der Waals surface area contributed by atoms with E-state index in [4.69, 9.17) is 14.6 Å². The fourth-order valence-electron chi connectivity index (χ4n) is 2.49. The molecule has 1 fully saturated rings. The molecule has 5 heteroatoms. The van der Waals surface area contributed by atoms with E-state index in [9.17, 15) is 9.59 Å². The lowest BCUT2D eigenvalue weighted by Gasteiger charge is -2.20. The second-order valence-corrected chi connectivity index (χ2v) is 5.12. The Morgan fingerprint density at radius 2 is 1.86 bits per heavy atom. The molecular formula is C16H20O5. The number of benzene rings is 1. The summed E-state index contributed by atoms with van der Waals surface area (Å²) in [6, 6.07) is 6.67. The Morgan fingerprint density at radius 1 is 1.19 bits per heavy atom. The summed E-state index contributed by atoms with van der Waals surface area (Å²) >= 11 is 0. The van der Waals surface area contributed by atoms with Gasteiger partial charge in [0.15, 0.2) is 6.79 Å². The van der Waals surface area contributed by atoms with Crippen molar-refractivity contribution in [3.05, 3.63) is 29.8 Å². The number of aliphatic hydroxyl groups is 1. The zero-order chi connectivity index (χ0) is 15.1. The highest BCUT2D eigenvalue weighted by Crippen LogP contribution is 2.23. The minimum atomic E-state index is -0.490. The van der Waals surface area contributed by atoms with E-state index in [1.807, 2.05) is 0 Å². The predicted octanol–water partition coefficient (Wildman–Crippen LogP) is 2.46. The summed E-state index contributed by atoms with van der Waals surface area (Å²) in [6.07, 6.45) is 3.90. The van der Waals surface area contributed by atoms with Gasteiger partial charge in [-0.3, -0.25) is 4.79 Å². The maximum Gasteiger partial charge on any atom is 0.342 e. The monoisotopic (exact) mass is 292 g/mol. The summed E-state index contributed by atoms with van der Waals surface area (Å²) in [7, 11) is 0. The lowest BCUT2D eigenvalue weighted by atomic mass is 9.97. The number of rotatable bonds is 4. The topological polar surface area (TPSA) is 72.8 Å². The van der Waals surface area contributed by atoms with Gasteiger partial charge >= 0.3 is 5.97 Å². The number of aliphatic hydroxyl groups excluding tert-OH is 1. The zero-order valence-corrected chi connectivity index (χ0v) is 11.9. The van der Waals surface area contributed by atoms with Gasteiger partial charge in [0.25, 0.3) is 0 Å². The minimum absolute atomic E-state index is 0.159. The molecule has 0 radical (unpaired) electrons. The van der Waals surface area contributed by atoms with Gasteiger partial charge in [0.1, 0.15) is 23.2 Å². The molecule has 21 heavy (non-hydrogen) atoms. The van der Waals surface area contributed by atoms with Crippen LogP contribution in [-0.4, -0.2) is 29.8 Å². The average molecular weight is 292 g/mol. The van der Waals surface area contributed by atoms with Gasteiger partial charge in [-0.15, -0.1) is 0 Å². The maximum absolute atomic E-state index is 12.2. The molecule has 2 rings (SSSR count). The Labute approximate surface area is 123 Å². The van der Waals surface area contributed by atoms with Crippen molar-refractivity contribution in [3.8, 4) is 5.75 Å². The van der Waals surface area contributed by atoms with Crippen LogP contribution in [0.5, 0.6) is 5.75 Å². The molecule has 1 aromatic carbocycles. The summed E-state index contributed by atoms with van der Waals surface area (Å²) in [6.45, 7) is -0.490. The molecule has 0 aliphatic heterocycles. The first kappa shape index (κ1) is 15.5. The van der Waals surface area contributed by atoms with Crippen molar-refractivity contribution in [1.29, 1.82) is 0 Å². The highest BCUT2D eigenvalue weighted by molar-refractivity contribution is 5.92. The molecule has 0 spiro atoms. The van der Waals surface area contributed by atoms with Crippen molar-refractivity contribution in [2.75, 3.05) is 6.79 Å². The molecule has 114 valence electrons. The second-order valence-electron chi connectivity index (χ2n) is 5.12. The SMILES string of the molecule is O=C1CCCC(OC(=O)c2ccccc2OCO)CCC1. The van der Waals surface area contributed by atoms with E-state index in [0.29, 0.717) is 42.8 Å². The normalized spacial score (nSPS) is 16.9. The molecule has 0 heterocycles. The first-order valence-electron chi connectivity index (χ1n) is 7.26. The van der Waals surface area contributed by atoms with Crippen LogP contribution < -0.4 is 4.74 Å². The van der Waals surface area contributed by atoms with Gasteiger partial charge < -0.3 is 14.6 Å². The van der Waals surface area contributed by atoms with Crippen LogP contribution in [0.15, 0.2) is 24.3 Å². The quantitative estimate of drug-likeness (QED) is 0.681. The Balaban J connectivity index is 1.98. The van der Waals surface area contributed by atoms with Gasteiger partial charge in [0, 0.05) is 12.8 Å². The molecule has 1 aliphatic carbocycles. The van der Waals surface area contributed by atoms with Gasteiger partial charge in [0.2, 0.25) is 0 Å². The fraction of sp³-hybridized carbons (Fsp3) is 0.500. The van der Waals surface area contributed by atoms with E-state index < -0.39 is 12.8 Å². The smallest absolute Gasteiger partial charge is 0.342 e. The molecule has 1 N–H and O–H groups in total. The minimum Gasteiger partial charge on any atom is -0.467 e. The lowest BCUT2D eigenvalue weighted by molar-refractivity contribution is -0.119. The molecular weight excluding hydrogens is 272 g/mol. The third-order valence-electron chi connectivity index (χ3n) is 3.56. The molecule has 0 saturated heterocycles. The van der Waals surface area contributed by atoms with Crippen LogP contribution in [0.2, 0.25) is 0 Å². The second kappa shape index (κ2) is 7.78. The van der Waals surface area contributed by atoms with E-state index >= 15 is 0 Å². The highest BCUT2D eigenvalue weighted by Gasteiger charge is 2.21. The van der Waals surface area contributed by atoms with Gasteiger partial charge in [-0.1, -0.05) is 12.1 Å². The van der Waals surface area contributed by atoms with E-state index in [1.54, 1.807) is 24.3 Å². The molecule has 0 unspecified atom stereocenters. The summed E-state index contributed by atoms with van der Waals surface area (Å²) in [4.78, 5) is 23.6. The average Bonchev–Trinajstić information content (AvgIpc) is 2.45. The van der Waals surface area contributed by atoms with Gasteiger partial charge in [-0.05, 0) is 37.8 Å². The molecule has 0 amide bonds. The van der Waals surface area contributed by atoms with Crippen LogP contribution in [0.4, 0.5) is 0 Å². The summed E-state index contributed by atoms with van der Waals surface area (Å²) < 4.78 is 10.5. The molecule has 0 bridgehead atoms. The van der Waals surface area contributed by atoms with E-state index in [2.05, 4.69) is 0 Å². The van der Waals surface area contributed by atoms with Crippen molar-refractivity contribution in [2.45, 2.75) is 44.6 Å². The van der Waals surface area contributed by atoms with Crippen LogP contribution in [0.3, 0.4) is 0 Å². The van der Waals surface area contributed by atoms with Crippen molar-refractivity contribution in [1.82, 2.24) is 0 Å². The van der Waals surface area contributed by atoms with E-state index in [0.717, 1.165) is 12.8 Å². The van der Waals surface area contributed by atoms with Crippen LogP contribution in [0.25, 0.3) is 0 Å². The highest BCUT2D eigenvalue weighted by atomic mass is 16.6. The number of esters is 1. The number of para-hydroxylation sites is 1. The van der Waals surface area contributed by atoms with Gasteiger partial charge in [-0.2, -0.15) is 0 Å². The third-order valence-corrected chi connectivity index (χ3v) is 3.56. The predicted molar refractivity (Wildman–Crippen MR) is 76.1 cm³/mol. The number of ether oxygens (including phenoxy) is 2. The third kappa shape index (κ3) is 4.56. The summed E-state index contributed by atoms with van der Waals surface area (Å²) in [5.74, 6) is 0.156. The van der Waals surface area contributed by atoms with Crippen molar-refractivity contribution in [2.24, 2.45) is 0 Å². The number of hydrogen-bond donors (Lipinski definition) is 1. The Hall–Kier alpha value is -1.88. The fourth-order valence-corrected chi connectivity index (χ4v) is 2.49. The summed E-state index contributed by atoms with van der Waals surface area (Å²) in [5, 5.41) is 8.83. The van der Waals surface area contributed by atoms with E-state index in [1.165, 1.54) is 0 Å². The van der Waals surface area contributed by atoms with Crippen LogP contribution in [0.1, 0.15) is 48.9 Å². The van der Waals surface area contributed by atoms with Gasteiger partial charge in [0.05, 0.1) is 0 Å². The molecule has 1 saturated carbocycles. The molecule has 1 aliphatic rings. The van der Waals surface area contributed by atoms with E-state index in [-0.39, 0.29) is 6.10 Å².